The van der Waals surface area contributed by atoms with Crippen molar-refractivity contribution in [2.24, 2.45) is 5.10 Å². The van der Waals surface area contributed by atoms with E-state index < -0.39 is 0 Å². The minimum absolute atomic E-state index is 0.0206. The first-order chi connectivity index (χ1) is 18.9. The Hall–Kier alpha value is -4.11. The highest BCUT2D eigenvalue weighted by Crippen LogP contribution is 2.38. The van der Waals surface area contributed by atoms with Gasteiger partial charge in [0.15, 0.2) is 17.3 Å². The maximum Gasteiger partial charge on any atom is 0.282 e. The Balaban J connectivity index is 1.65. The van der Waals surface area contributed by atoms with Crippen molar-refractivity contribution in [1.82, 2.24) is 9.66 Å². The SMILES string of the molecule is CCOc1cc(C=Nn2c(-c3cc4c(OC)cccc4o3)nc3ccccc3c2=O)cc(Br)c1O[C@H](C)CC. The van der Waals surface area contributed by atoms with Crippen LogP contribution in [-0.4, -0.2) is 35.7 Å². The zero-order valence-corrected chi connectivity index (χ0v) is 23.7. The number of nitrogens with zero attached hydrogens (tertiary/aromatic N) is 3. The van der Waals surface area contributed by atoms with Crippen molar-refractivity contribution in [2.45, 2.75) is 33.3 Å². The summed E-state index contributed by atoms with van der Waals surface area (Å²) in [6, 6.07) is 18.2. The molecule has 0 unspecified atom stereocenters. The highest BCUT2D eigenvalue weighted by molar-refractivity contribution is 9.10. The molecule has 200 valence electrons. The van der Waals surface area contributed by atoms with Gasteiger partial charge in [-0.25, -0.2) is 4.98 Å². The summed E-state index contributed by atoms with van der Waals surface area (Å²) in [7, 11) is 1.60. The van der Waals surface area contributed by atoms with Crippen LogP contribution in [0, 0.1) is 0 Å². The molecule has 3 aromatic carbocycles. The molecule has 0 spiro atoms. The summed E-state index contributed by atoms with van der Waals surface area (Å²) in [6.07, 6.45) is 2.47. The van der Waals surface area contributed by atoms with Crippen LogP contribution in [0.4, 0.5) is 0 Å². The molecule has 0 fully saturated rings. The van der Waals surface area contributed by atoms with E-state index in [-0.39, 0.29) is 17.5 Å². The van der Waals surface area contributed by atoms with Gasteiger partial charge in [-0.15, -0.1) is 0 Å². The van der Waals surface area contributed by atoms with E-state index in [1.54, 1.807) is 31.5 Å². The summed E-state index contributed by atoms with van der Waals surface area (Å²) < 4.78 is 25.5. The van der Waals surface area contributed by atoms with Gasteiger partial charge in [0.25, 0.3) is 5.56 Å². The van der Waals surface area contributed by atoms with E-state index >= 15 is 0 Å². The molecule has 9 heteroatoms. The zero-order chi connectivity index (χ0) is 27.5. The maximum atomic E-state index is 13.6. The Bertz CT molecular complexity index is 1740. The number of furan rings is 1. The minimum Gasteiger partial charge on any atom is -0.496 e. The number of fused-ring (bicyclic) bond motifs is 2. The van der Waals surface area contributed by atoms with Crippen LogP contribution in [0.15, 0.2) is 79.4 Å². The second-order valence-electron chi connectivity index (χ2n) is 8.90. The first-order valence-electron chi connectivity index (χ1n) is 12.7. The molecule has 0 saturated heterocycles. The van der Waals surface area contributed by atoms with Crippen molar-refractivity contribution < 1.29 is 18.6 Å². The number of aromatic nitrogens is 2. The molecule has 8 nitrogen and oxygen atoms in total. The number of benzene rings is 3. The summed E-state index contributed by atoms with van der Waals surface area (Å²) in [4.78, 5) is 18.4. The summed E-state index contributed by atoms with van der Waals surface area (Å²) >= 11 is 3.61. The number of hydrogen-bond acceptors (Lipinski definition) is 7. The fraction of sp³-hybridized carbons (Fsp3) is 0.233. The minimum atomic E-state index is -0.319. The van der Waals surface area contributed by atoms with Gasteiger partial charge in [-0.1, -0.05) is 25.1 Å². The van der Waals surface area contributed by atoms with Crippen LogP contribution in [0.5, 0.6) is 17.2 Å². The first-order valence-corrected chi connectivity index (χ1v) is 13.5. The number of rotatable bonds is 9. The monoisotopic (exact) mass is 589 g/mol. The number of hydrogen-bond donors (Lipinski definition) is 0. The van der Waals surface area contributed by atoms with Crippen LogP contribution in [0.1, 0.15) is 32.8 Å². The van der Waals surface area contributed by atoms with Crippen molar-refractivity contribution in [3.05, 3.63) is 81.1 Å². The topological polar surface area (TPSA) is 88.1 Å². The Morgan fingerprint density at radius 3 is 2.67 bits per heavy atom. The maximum absolute atomic E-state index is 13.6. The average molecular weight is 590 g/mol. The van der Waals surface area contributed by atoms with Gasteiger partial charge in [0.2, 0.25) is 5.82 Å². The van der Waals surface area contributed by atoms with Gasteiger partial charge in [0.1, 0.15) is 11.3 Å². The second-order valence-corrected chi connectivity index (χ2v) is 9.75. The van der Waals surface area contributed by atoms with Crippen molar-refractivity contribution in [3.63, 3.8) is 0 Å². The fourth-order valence-electron chi connectivity index (χ4n) is 4.16. The average Bonchev–Trinajstić information content (AvgIpc) is 3.39. The summed E-state index contributed by atoms with van der Waals surface area (Å²) in [6.45, 7) is 6.45. The molecular weight excluding hydrogens is 562 g/mol. The van der Waals surface area contributed by atoms with Crippen LogP contribution in [0.3, 0.4) is 0 Å². The Morgan fingerprint density at radius 1 is 1.08 bits per heavy atom. The van der Waals surface area contributed by atoms with Gasteiger partial charge in [-0.2, -0.15) is 9.78 Å². The van der Waals surface area contributed by atoms with E-state index in [1.165, 1.54) is 4.68 Å². The Labute approximate surface area is 234 Å². The van der Waals surface area contributed by atoms with Crippen molar-refractivity contribution in [1.29, 1.82) is 0 Å². The largest absolute Gasteiger partial charge is 0.496 e. The van der Waals surface area contributed by atoms with E-state index in [9.17, 15) is 4.79 Å². The molecule has 2 heterocycles. The van der Waals surface area contributed by atoms with Gasteiger partial charge >= 0.3 is 0 Å². The van der Waals surface area contributed by atoms with Gasteiger partial charge in [-0.3, -0.25) is 4.79 Å². The predicted molar refractivity (Wildman–Crippen MR) is 156 cm³/mol. The molecule has 0 N–H and O–H groups in total. The lowest BCUT2D eigenvalue weighted by molar-refractivity contribution is 0.202. The molecule has 0 aliphatic carbocycles. The smallest absolute Gasteiger partial charge is 0.282 e. The van der Waals surface area contributed by atoms with Crippen LogP contribution < -0.4 is 19.8 Å². The third-order valence-corrected chi connectivity index (χ3v) is 6.85. The lowest BCUT2D eigenvalue weighted by atomic mass is 10.2. The van der Waals surface area contributed by atoms with Crippen LogP contribution >= 0.6 is 15.9 Å². The van der Waals surface area contributed by atoms with Gasteiger partial charge in [0, 0.05) is 0 Å². The zero-order valence-electron chi connectivity index (χ0n) is 22.1. The van der Waals surface area contributed by atoms with Gasteiger partial charge in [0.05, 0.1) is 46.8 Å². The number of halogens is 1. The number of methoxy groups -OCH3 is 1. The van der Waals surface area contributed by atoms with Crippen molar-refractivity contribution in [2.75, 3.05) is 13.7 Å². The molecular formula is C30H28BrN3O5. The lowest BCUT2D eigenvalue weighted by Crippen LogP contribution is -2.20. The standard InChI is InChI=1S/C30H28BrN3O5/c1-5-18(3)38-28-22(31)14-19(15-26(28)37-6-2)17-32-34-29(33-23-11-8-7-10-20(23)30(34)35)27-16-21-24(36-4)12-9-13-25(21)39-27/h7-18H,5-6H2,1-4H3/t18-/m1/s1. The Morgan fingerprint density at radius 2 is 1.90 bits per heavy atom. The summed E-state index contributed by atoms with van der Waals surface area (Å²) in [5, 5.41) is 5.79. The highest BCUT2D eigenvalue weighted by atomic mass is 79.9. The third kappa shape index (κ3) is 5.27. The molecule has 2 aromatic heterocycles. The molecule has 0 aliphatic heterocycles. The van der Waals surface area contributed by atoms with E-state index in [2.05, 4.69) is 28.0 Å². The van der Waals surface area contributed by atoms with E-state index in [4.69, 9.17) is 23.6 Å². The molecule has 39 heavy (non-hydrogen) atoms. The van der Waals surface area contributed by atoms with Crippen LogP contribution in [0.2, 0.25) is 0 Å². The van der Waals surface area contributed by atoms with E-state index in [0.29, 0.717) is 51.7 Å². The molecule has 0 bridgehead atoms. The summed E-state index contributed by atoms with van der Waals surface area (Å²) in [5.41, 5.74) is 1.55. The van der Waals surface area contributed by atoms with Crippen molar-refractivity contribution in [3.8, 4) is 28.8 Å². The Kier molecular flexibility index (Phi) is 7.70. The molecule has 0 radical (unpaired) electrons. The molecule has 5 rings (SSSR count). The molecule has 1 atom stereocenters. The lowest BCUT2D eigenvalue weighted by Gasteiger charge is -2.18. The van der Waals surface area contributed by atoms with Gasteiger partial charge < -0.3 is 18.6 Å². The normalized spacial score (nSPS) is 12.3. The fourth-order valence-corrected chi connectivity index (χ4v) is 4.71. The first kappa shape index (κ1) is 26.5. The molecule has 0 amide bonds. The van der Waals surface area contributed by atoms with E-state index in [0.717, 1.165) is 16.3 Å². The quantitative estimate of drug-likeness (QED) is 0.171. The third-order valence-electron chi connectivity index (χ3n) is 6.26. The summed E-state index contributed by atoms with van der Waals surface area (Å²) in [5.74, 6) is 2.54. The van der Waals surface area contributed by atoms with Gasteiger partial charge in [-0.05, 0) is 84.2 Å². The second kappa shape index (κ2) is 11.3. The highest BCUT2D eigenvalue weighted by Gasteiger charge is 2.18. The van der Waals surface area contributed by atoms with Crippen LogP contribution in [-0.2, 0) is 0 Å². The van der Waals surface area contributed by atoms with Crippen LogP contribution in [0.25, 0.3) is 33.5 Å². The number of ether oxygens (including phenoxy) is 3. The van der Waals surface area contributed by atoms with Crippen molar-refractivity contribution >= 4 is 44.0 Å². The molecule has 0 aliphatic rings. The molecule has 0 saturated carbocycles. The van der Waals surface area contributed by atoms with E-state index in [1.807, 2.05) is 56.3 Å². The molecule has 5 aromatic rings. The predicted octanol–water partition coefficient (Wildman–Crippen LogP) is 7.04. The number of para-hydroxylation sites is 1.